The normalized spacial score (nSPS) is 12.3. The fourth-order valence-corrected chi connectivity index (χ4v) is 5.45. The van der Waals surface area contributed by atoms with E-state index in [-0.39, 0.29) is 16.6 Å². The number of oxazole rings is 1. The molecule has 6 rings (SSSR count). The number of aromatic nitrogens is 1. The maximum Gasteiger partial charge on any atom is 0.229 e. The summed E-state index contributed by atoms with van der Waals surface area (Å²) in [6.45, 7) is 12.8. The van der Waals surface area contributed by atoms with Gasteiger partial charge in [-0.25, -0.2) is 4.98 Å². The molecule has 0 aliphatic heterocycles. The van der Waals surface area contributed by atoms with E-state index >= 15 is 0 Å². The SMILES string of the molecule is CC(C)(C)c1cc(C=Nc2ccccc2-c2nc3c(-c4ccc5cc(C#N)ccc5c4)cccc3o2)c(O)c(C(C)(C)C)c1. The van der Waals surface area contributed by atoms with Gasteiger partial charge in [0.1, 0.15) is 11.3 Å². The Morgan fingerprint density at radius 2 is 1.52 bits per heavy atom. The van der Waals surface area contributed by atoms with Gasteiger partial charge in [-0.2, -0.15) is 5.26 Å². The third-order valence-electron chi connectivity index (χ3n) is 7.99. The Morgan fingerprint density at radius 3 is 2.27 bits per heavy atom. The molecule has 0 bridgehead atoms. The van der Waals surface area contributed by atoms with Crippen LogP contribution in [0.1, 0.15) is 63.8 Å². The van der Waals surface area contributed by atoms with Crippen LogP contribution in [0.4, 0.5) is 5.69 Å². The van der Waals surface area contributed by atoms with Gasteiger partial charge >= 0.3 is 0 Å². The second-order valence-electron chi connectivity index (χ2n) is 13.3. The predicted octanol–water partition coefficient (Wildman–Crippen LogP) is 10.2. The van der Waals surface area contributed by atoms with Crippen LogP contribution in [-0.4, -0.2) is 16.3 Å². The molecular formula is C39H35N3O2. The Morgan fingerprint density at radius 1 is 0.795 bits per heavy atom. The van der Waals surface area contributed by atoms with Crippen LogP contribution in [0.5, 0.6) is 5.75 Å². The number of nitriles is 1. The average molecular weight is 578 g/mol. The summed E-state index contributed by atoms with van der Waals surface area (Å²) in [5.74, 6) is 0.722. The van der Waals surface area contributed by atoms with Gasteiger partial charge < -0.3 is 9.52 Å². The molecule has 0 aliphatic carbocycles. The molecule has 0 spiro atoms. The lowest BCUT2D eigenvalue weighted by Crippen LogP contribution is -2.17. The van der Waals surface area contributed by atoms with Crippen LogP contribution in [0.2, 0.25) is 0 Å². The molecule has 1 heterocycles. The minimum atomic E-state index is -0.230. The molecule has 6 aromatic rings. The van der Waals surface area contributed by atoms with E-state index in [2.05, 4.69) is 65.8 Å². The number of rotatable bonds is 4. The van der Waals surface area contributed by atoms with Crippen LogP contribution in [0, 0.1) is 11.3 Å². The van der Waals surface area contributed by atoms with E-state index in [4.69, 9.17) is 14.4 Å². The van der Waals surface area contributed by atoms with Crippen LogP contribution in [0.15, 0.2) is 100 Å². The lowest BCUT2D eigenvalue weighted by atomic mass is 9.79. The quantitative estimate of drug-likeness (QED) is 0.211. The second kappa shape index (κ2) is 10.8. The van der Waals surface area contributed by atoms with Crippen molar-refractivity contribution in [2.75, 3.05) is 0 Å². The van der Waals surface area contributed by atoms with Crippen molar-refractivity contribution in [1.82, 2.24) is 4.98 Å². The van der Waals surface area contributed by atoms with Gasteiger partial charge in [-0.1, -0.05) is 90.1 Å². The number of fused-ring (bicyclic) bond motifs is 2. The third kappa shape index (κ3) is 5.47. The first-order valence-electron chi connectivity index (χ1n) is 14.8. The minimum Gasteiger partial charge on any atom is -0.507 e. The number of hydrogen-bond donors (Lipinski definition) is 1. The van der Waals surface area contributed by atoms with Gasteiger partial charge in [0, 0.05) is 22.9 Å². The van der Waals surface area contributed by atoms with Gasteiger partial charge in [-0.05, 0) is 75.2 Å². The molecular weight excluding hydrogens is 542 g/mol. The zero-order chi connectivity index (χ0) is 31.2. The maximum absolute atomic E-state index is 11.3. The van der Waals surface area contributed by atoms with Crippen molar-refractivity contribution in [3.05, 3.63) is 113 Å². The highest BCUT2D eigenvalue weighted by Crippen LogP contribution is 2.39. The fraction of sp³-hybridized carbons (Fsp3) is 0.205. The zero-order valence-corrected chi connectivity index (χ0v) is 25.9. The number of para-hydroxylation sites is 2. The molecule has 1 aromatic heterocycles. The Hall–Kier alpha value is -5.21. The van der Waals surface area contributed by atoms with Crippen molar-refractivity contribution in [1.29, 1.82) is 5.26 Å². The van der Waals surface area contributed by atoms with E-state index in [0.29, 0.717) is 28.3 Å². The monoisotopic (exact) mass is 577 g/mol. The highest BCUT2D eigenvalue weighted by molar-refractivity contribution is 5.96. The summed E-state index contributed by atoms with van der Waals surface area (Å²) in [6.07, 6.45) is 1.74. The Balaban J connectivity index is 1.42. The van der Waals surface area contributed by atoms with Crippen molar-refractivity contribution < 1.29 is 9.52 Å². The summed E-state index contributed by atoms with van der Waals surface area (Å²) in [7, 11) is 0. The lowest BCUT2D eigenvalue weighted by Gasteiger charge is -2.27. The summed E-state index contributed by atoms with van der Waals surface area (Å²) < 4.78 is 6.31. The number of phenolic OH excluding ortho intramolecular Hbond substituents is 1. The summed E-state index contributed by atoms with van der Waals surface area (Å²) in [5, 5.41) is 22.6. The molecule has 5 heteroatoms. The molecule has 218 valence electrons. The summed E-state index contributed by atoms with van der Waals surface area (Å²) in [5.41, 5.74) is 7.91. The number of aromatic hydroxyl groups is 1. The molecule has 0 saturated heterocycles. The standard InChI is InChI=1S/C39H35N3O2/c1-38(2,3)29-20-28(36(43)32(21-29)39(4,5)6)23-41-33-12-8-7-10-31(33)37-42-35-30(11-9-13-34(35)44-37)27-17-16-25-18-24(22-40)14-15-26(25)19-27/h7-21,23,43H,1-6H3. The number of benzene rings is 5. The number of phenols is 1. The molecule has 1 N–H and O–H groups in total. The van der Waals surface area contributed by atoms with Crippen LogP contribution in [0.3, 0.4) is 0 Å². The molecule has 0 radical (unpaired) electrons. The topological polar surface area (TPSA) is 82.4 Å². The van der Waals surface area contributed by atoms with Crippen molar-refractivity contribution in [3.63, 3.8) is 0 Å². The van der Waals surface area contributed by atoms with Gasteiger partial charge in [0.05, 0.1) is 22.9 Å². The van der Waals surface area contributed by atoms with Crippen LogP contribution < -0.4 is 0 Å². The van der Waals surface area contributed by atoms with Crippen LogP contribution >= 0.6 is 0 Å². The first-order chi connectivity index (χ1) is 20.9. The van der Waals surface area contributed by atoms with E-state index < -0.39 is 0 Å². The minimum absolute atomic E-state index is 0.0886. The molecule has 0 aliphatic rings. The van der Waals surface area contributed by atoms with Crippen molar-refractivity contribution >= 4 is 33.8 Å². The van der Waals surface area contributed by atoms with E-state index in [1.807, 2.05) is 72.8 Å². The summed E-state index contributed by atoms with van der Waals surface area (Å²) in [4.78, 5) is 9.81. The van der Waals surface area contributed by atoms with Gasteiger partial charge in [0.25, 0.3) is 0 Å². The molecule has 5 nitrogen and oxygen atoms in total. The highest BCUT2D eigenvalue weighted by Gasteiger charge is 2.24. The molecule has 0 atom stereocenters. The second-order valence-corrected chi connectivity index (χ2v) is 13.3. The van der Waals surface area contributed by atoms with Crippen LogP contribution in [0.25, 0.3) is 44.5 Å². The Kier molecular flexibility index (Phi) is 7.10. The van der Waals surface area contributed by atoms with Gasteiger partial charge in [-0.15, -0.1) is 0 Å². The number of hydrogen-bond acceptors (Lipinski definition) is 5. The predicted molar refractivity (Wildman–Crippen MR) is 180 cm³/mol. The number of aliphatic imine (C=N–C) groups is 1. The van der Waals surface area contributed by atoms with Gasteiger partial charge in [-0.3, -0.25) is 4.99 Å². The zero-order valence-electron chi connectivity index (χ0n) is 25.9. The highest BCUT2D eigenvalue weighted by atomic mass is 16.3. The summed E-state index contributed by atoms with van der Waals surface area (Å²) in [6, 6.07) is 31.9. The van der Waals surface area contributed by atoms with E-state index in [9.17, 15) is 10.4 Å². The lowest BCUT2D eigenvalue weighted by molar-refractivity contribution is 0.444. The molecule has 0 saturated carbocycles. The average Bonchev–Trinajstić information content (AvgIpc) is 3.43. The number of nitrogens with zero attached hydrogens (tertiary/aromatic N) is 3. The molecule has 44 heavy (non-hydrogen) atoms. The van der Waals surface area contributed by atoms with E-state index in [0.717, 1.165) is 44.1 Å². The molecule has 0 unspecified atom stereocenters. The first kappa shape index (κ1) is 28.9. The van der Waals surface area contributed by atoms with E-state index in [1.165, 1.54) is 0 Å². The fourth-order valence-electron chi connectivity index (χ4n) is 5.45. The summed E-state index contributed by atoms with van der Waals surface area (Å²) >= 11 is 0. The van der Waals surface area contributed by atoms with Crippen LogP contribution in [-0.2, 0) is 10.8 Å². The van der Waals surface area contributed by atoms with Crippen molar-refractivity contribution in [3.8, 4) is 34.4 Å². The first-order valence-corrected chi connectivity index (χ1v) is 14.8. The molecule has 0 fully saturated rings. The van der Waals surface area contributed by atoms with Crippen molar-refractivity contribution in [2.45, 2.75) is 52.4 Å². The van der Waals surface area contributed by atoms with Gasteiger partial charge in [0.2, 0.25) is 5.89 Å². The van der Waals surface area contributed by atoms with E-state index in [1.54, 1.807) is 6.21 Å². The Labute approximate surface area is 258 Å². The van der Waals surface area contributed by atoms with Crippen molar-refractivity contribution in [2.24, 2.45) is 4.99 Å². The Bertz CT molecular complexity index is 2120. The molecule has 0 amide bonds. The largest absolute Gasteiger partial charge is 0.507 e. The molecule has 5 aromatic carbocycles. The smallest absolute Gasteiger partial charge is 0.229 e. The van der Waals surface area contributed by atoms with Gasteiger partial charge in [0.15, 0.2) is 5.58 Å². The maximum atomic E-state index is 11.3. The third-order valence-corrected chi connectivity index (χ3v) is 7.99.